The number of fused-ring (bicyclic) bond motifs is 1. The van der Waals surface area contributed by atoms with Crippen LogP contribution in [-0.2, 0) is 0 Å². The van der Waals surface area contributed by atoms with Crippen LogP contribution in [-0.4, -0.2) is 21.2 Å². The number of rotatable bonds is 4. The number of thiazole rings is 1. The van der Waals surface area contributed by atoms with Crippen molar-refractivity contribution in [3.63, 3.8) is 0 Å². The maximum Gasteiger partial charge on any atom is 0.311 e. The van der Waals surface area contributed by atoms with Crippen LogP contribution in [0.1, 0.15) is 5.56 Å². The summed E-state index contributed by atoms with van der Waals surface area (Å²) in [6.45, 7) is 0. The molecule has 0 fully saturated rings. The second kappa shape index (κ2) is 5.78. The zero-order valence-corrected chi connectivity index (χ0v) is 11.9. The number of nitro groups is 1. The monoisotopic (exact) mass is 314 g/mol. The normalized spacial score (nSPS) is 11.1. The Balaban J connectivity index is 1.80. The summed E-state index contributed by atoms with van der Waals surface area (Å²) in [5.74, 6) is -0.414. The largest absolute Gasteiger partial charge is 0.502 e. The summed E-state index contributed by atoms with van der Waals surface area (Å²) >= 11 is 1.44. The SMILES string of the molecule is O=[N+]([O-])c1cccc(C=NNc2nc3ccccc3s2)c1O. The van der Waals surface area contributed by atoms with E-state index in [9.17, 15) is 15.2 Å². The zero-order chi connectivity index (χ0) is 15.5. The van der Waals surface area contributed by atoms with Crippen LogP contribution < -0.4 is 5.43 Å². The molecule has 0 saturated heterocycles. The molecule has 0 saturated carbocycles. The van der Waals surface area contributed by atoms with Gasteiger partial charge in [-0.15, -0.1) is 0 Å². The van der Waals surface area contributed by atoms with Gasteiger partial charge >= 0.3 is 5.69 Å². The Hall–Kier alpha value is -3.00. The first-order valence-corrected chi connectivity index (χ1v) is 7.08. The quantitative estimate of drug-likeness (QED) is 0.437. The number of para-hydroxylation sites is 2. The number of hydrogen-bond donors (Lipinski definition) is 2. The highest BCUT2D eigenvalue weighted by Crippen LogP contribution is 2.28. The lowest BCUT2D eigenvalue weighted by Crippen LogP contribution is -1.93. The summed E-state index contributed by atoms with van der Waals surface area (Å²) in [5, 5.41) is 25.1. The van der Waals surface area contributed by atoms with Gasteiger partial charge < -0.3 is 5.11 Å². The maximum atomic E-state index is 10.7. The average molecular weight is 314 g/mol. The second-order valence-electron chi connectivity index (χ2n) is 4.33. The highest BCUT2D eigenvalue weighted by atomic mass is 32.1. The number of nitrogens with zero attached hydrogens (tertiary/aromatic N) is 3. The molecular weight excluding hydrogens is 304 g/mol. The molecule has 0 aliphatic rings. The van der Waals surface area contributed by atoms with E-state index in [0.29, 0.717) is 5.13 Å². The Morgan fingerprint density at radius 2 is 2.09 bits per heavy atom. The minimum Gasteiger partial charge on any atom is -0.502 e. The van der Waals surface area contributed by atoms with E-state index in [1.807, 2.05) is 24.3 Å². The van der Waals surface area contributed by atoms with E-state index < -0.39 is 10.7 Å². The first kappa shape index (κ1) is 14.0. The molecule has 0 unspecified atom stereocenters. The zero-order valence-electron chi connectivity index (χ0n) is 11.1. The number of anilines is 1. The van der Waals surface area contributed by atoms with E-state index >= 15 is 0 Å². The van der Waals surface area contributed by atoms with Gasteiger partial charge in [0.2, 0.25) is 10.9 Å². The minimum absolute atomic E-state index is 0.253. The van der Waals surface area contributed by atoms with Crippen molar-refractivity contribution in [3.8, 4) is 5.75 Å². The highest BCUT2D eigenvalue weighted by molar-refractivity contribution is 7.22. The van der Waals surface area contributed by atoms with Crippen LogP contribution in [0.2, 0.25) is 0 Å². The fourth-order valence-electron chi connectivity index (χ4n) is 1.88. The molecule has 110 valence electrons. The second-order valence-corrected chi connectivity index (χ2v) is 5.36. The third kappa shape index (κ3) is 2.72. The molecule has 0 aliphatic carbocycles. The molecule has 1 heterocycles. The van der Waals surface area contributed by atoms with Gasteiger partial charge in [-0.05, 0) is 18.2 Å². The molecule has 7 nitrogen and oxygen atoms in total. The number of hydrazone groups is 1. The molecule has 0 aliphatic heterocycles. The fourth-order valence-corrected chi connectivity index (χ4v) is 2.69. The van der Waals surface area contributed by atoms with E-state index in [-0.39, 0.29) is 11.3 Å². The Morgan fingerprint density at radius 1 is 1.27 bits per heavy atom. The molecular formula is C14H10N4O3S. The number of aromatic hydroxyl groups is 1. The van der Waals surface area contributed by atoms with Crippen molar-refractivity contribution in [2.45, 2.75) is 0 Å². The topological polar surface area (TPSA) is 101 Å². The van der Waals surface area contributed by atoms with Gasteiger partial charge in [-0.2, -0.15) is 5.10 Å². The van der Waals surface area contributed by atoms with Crippen LogP contribution in [0.5, 0.6) is 5.75 Å². The van der Waals surface area contributed by atoms with Crippen molar-refractivity contribution in [2.75, 3.05) is 5.43 Å². The molecule has 2 aromatic carbocycles. The van der Waals surface area contributed by atoms with Crippen LogP contribution >= 0.6 is 11.3 Å². The summed E-state index contributed by atoms with van der Waals surface area (Å²) < 4.78 is 1.03. The molecule has 0 radical (unpaired) electrons. The molecule has 0 spiro atoms. The first-order chi connectivity index (χ1) is 10.6. The van der Waals surface area contributed by atoms with E-state index in [4.69, 9.17) is 0 Å². The lowest BCUT2D eigenvalue weighted by Gasteiger charge is -1.99. The predicted octanol–water partition coefficient (Wildman–Crippen LogP) is 3.36. The number of nitrogens with one attached hydrogen (secondary N) is 1. The third-order valence-corrected chi connectivity index (χ3v) is 3.84. The Kier molecular flexibility index (Phi) is 3.67. The van der Waals surface area contributed by atoms with Crippen molar-refractivity contribution < 1.29 is 10.0 Å². The van der Waals surface area contributed by atoms with E-state index in [0.717, 1.165) is 10.2 Å². The maximum absolute atomic E-state index is 10.7. The molecule has 0 bridgehead atoms. The Morgan fingerprint density at radius 3 is 2.86 bits per heavy atom. The molecule has 3 aromatic rings. The number of phenolic OH excluding ortho intramolecular Hbond substituents is 1. The van der Waals surface area contributed by atoms with Gasteiger partial charge in [0.15, 0.2) is 0 Å². The number of benzene rings is 2. The van der Waals surface area contributed by atoms with Crippen molar-refractivity contribution in [1.82, 2.24) is 4.98 Å². The molecule has 8 heteroatoms. The van der Waals surface area contributed by atoms with E-state index in [2.05, 4.69) is 15.5 Å². The van der Waals surface area contributed by atoms with Gasteiger partial charge in [-0.25, -0.2) is 4.98 Å². The Bertz CT molecular complexity index is 842. The molecule has 0 amide bonds. The van der Waals surface area contributed by atoms with Gasteiger partial charge in [-0.1, -0.05) is 29.5 Å². The first-order valence-electron chi connectivity index (χ1n) is 6.26. The number of hydrogen-bond acceptors (Lipinski definition) is 7. The van der Waals surface area contributed by atoms with Gasteiger partial charge in [0, 0.05) is 11.6 Å². The standard InChI is InChI=1S/C14H10N4O3S/c19-13-9(4-3-6-11(13)18(20)21)8-15-17-14-16-10-5-1-2-7-12(10)22-14/h1-8,19H,(H,16,17). The van der Waals surface area contributed by atoms with Gasteiger partial charge in [0.05, 0.1) is 21.4 Å². The molecule has 3 rings (SSSR count). The van der Waals surface area contributed by atoms with Crippen molar-refractivity contribution in [2.24, 2.45) is 5.10 Å². The van der Waals surface area contributed by atoms with Crippen molar-refractivity contribution in [1.29, 1.82) is 0 Å². The summed E-state index contributed by atoms with van der Waals surface area (Å²) in [4.78, 5) is 14.4. The third-order valence-electron chi connectivity index (χ3n) is 2.90. The summed E-state index contributed by atoms with van der Waals surface area (Å²) in [6.07, 6.45) is 1.31. The fraction of sp³-hybridized carbons (Fsp3) is 0. The predicted molar refractivity (Wildman–Crippen MR) is 85.6 cm³/mol. The van der Waals surface area contributed by atoms with Crippen molar-refractivity contribution in [3.05, 3.63) is 58.1 Å². The van der Waals surface area contributed by atoms with Gasteiger partial charge in [-0.3, -0.25) is 15.5 Å². The van der Waals surface area contributed by atoms with Gasteiger partial charge in [0.1, 0.15) is 0 Å². The highest BCUT2D eigenvalue weighted by Gasteiger charge is 2.15. The molecule has 1 aromatic heterocycles. The lowest BCUT2D eigenvalue weighted by molar-refractivity contribution is -0.385. The van der Waals surface area contributed by atoms with Crippen LogP contribution in [0.15, 0.2) is 47.6 Å². The molecule has 2 N–H and O–H groups in total. The summed E-state index contributed by atoms with van der Waals surface area (Å²) in [6, 6.07) is 11.9. The van der Waals surface area contributed by atoms with E-state index in [1.54, 1.807) is 0 Å². The number of nitro benzene ring substituents is 1. The van der Waals surface area contributed by atoms with Crippen LogP contribution in [0.4, 0.5) is 10.8 Å². The van der Waals surface area contributed by atoms with E-state index in [1.165, 1.54) is 35.8 Å². The Labute approximate surface area is 128 Å². The van der Waals surface area contributed by atoms with Crippen LogP contribution in [0.3, 0.4) is 0 Å². The molecule has 0 atom stereocenters. The van der Waals surface area contributed by atoms with Crippen LogP contribution in [0, 0.1) is 10.1 Å². The number of aromatic nitrogens is 1. The lowest BCUT2D eigenvalue weighted by atomic mass is 10.2. The van der Waals surface area contributed by atoms with Crippen molar-refractivity contribution >= 4 is 38.6 Å². The molecule has 22 heavy (non-hydrogen) atoms. The smallest absolute Gasteiger partial charge is 0.311 e. The summed E-state index contributed by atoms with van der Waals surface area (Å²) in [5.41, 5.74) is 3.51. The minimum atomic E-state index is -0.645. The number of phenols is 1. The summed E-state index contributed by atoms with van der Waals surface area (Å²) in [7, 11) is 0. The average Bonchev–Trinajstić information content (AvgIpc) is 2.91. The van der Waals surface area contributed by atoms with Gasteiger partial charge in [0.25, 0.3) is 0 Å². The van der Waals surface area contributed by atoms with Crippen LogP contribution in [0.25, 0.3) is 10.2 Å².